The summed E-state index contributed by atoms with van der Waals surface area (Å²) < 4.78 is 0. The molecule has 1 N–H and O–H groups in total. The van der Waals surface area contributed by atoms with Gasteiger partial charge in [0.2, 0.25) is 0 Å². The fourth-order valence-electron chi connectivity index (χ4n) is 3.01. The Balaban J connectivity index is 1.99. The number of hydrogen-bond donors (Lipinski definition) is 1. The highest BCUT2D eigenvalue weighted by Gasteiger charge is 2.45. The predicted octanol–water partition coefficient (Wildman–Crippen LogP) is 2.89. The number of nitrogens with zero attached hydrogens (tertiary/aromatic N) is 1. The van der Waals surface area contributed by atoms with E-state index in [-0.39, 0.29) is 0 Å². The molecule has 0 aromatic heterocycles. The van der Waals surface area contributed by atoms with Gasteiger partial charge < -0.3 is 5.32 Å². The molecule has 0 amide bonds. The number of nitrogens with one attached hydrogen (secondary N) is 1. The first-order valence-electron chi connectivity index (χ1n) is 7.35. The average molecular weight is 238 g/mol. The monoisotopic (exact) mass is 238 g/mol. The first-order valence-corrected chi connectivity index (χ1v) is 7.35. The highest BCUT2D eigenvalue weighted by Crippen LogP contribution is 2.41. The minimum atomic E-state index is 0.385. The van der Waals surface area contributed by atoms with E-state index in [1.54, 1.807) is 0 Å². The molecule has 2 aliphatic rings. The lowest BCUT2D eigenvalue weighted by atomic mass is 9.86. The Morgan fingerprint density at radius 1 is 1.35 bits per heavy atom. The zero-order chi connectivity index (χ0) is 12.7. The maximum absolute atomic E-state index is 3.80. The molecule has 1 saturated heterocycles. The van der Waals surface area contributed by atoms with Crippen LogP contribution in [0.4, 0.5) is 0 Å². The van der Waals surface area contributed by atoms with Gasteiger partial charge in [-0.3, -0.25) is 4.90 Å². The molecule has 2 rings (SSSR count). The first kappa shape index (κ1) is 13.4. The van der Waals surface area contributed by atoms with Crippen molar-refractivity contribution in [2.75, 3.05) is 19.6 Å². The van der Waals surface area contributed by atoms with Gasteiger partial charge in [0.05, 0.1) is 0 Å². The zero-order valence-corrected chi connectivity index (χ0v) is 12.3. The van der Waals surface area contributed by atoms with Crippen molar-refractivity contribution in [3.8, 4) is 0 Å². The Bertz CT molecular complexity index is 270. The molecule has 2 nitrogen and oxygen atoms in total. The normalized spacial score (nSPS) is 36.2. The van der Waals surface area contributed by atoms with Crippen LogP contribution >= 0.6 is 0 Å². The van der Waals surface area contributed by atoms with Crippen molar-refractivity contribution < 1.29 is 0 Å². The molecule has 0 radical (unpaired) electrons. The van der Waals surface area contributed by atoms with Crippen LogP contribution in [0, 0.1) is 11.3 Å². The number of piperazine rings is 1. The van der Waals surface area contributed by atoms with Gasteiger partial charge in [0.1, 0.15) is 0 Å². The predicted molar refractivity (Wildman–Crippen MR) is 74.2 cm³/mol. The second kappa shape index (κ2) is 4.55. The molecule has 2 unspecified atom stereocenters. The van der Waals surface area contributed by atoms with Crippen molar-refractivity contribution >= 4 is 0 Å². The number of rotatable bonds is 4. The minimum Gasteiger partial charge on any atom is -0.308 e. The second-order valence-corrected chi connectivity index (χ2v) is 7.34. The highest BCUT2D eigenvalue weighted by atomic mass is 15.3. The fraction of sp³-hybridized carbons (Fsp3) is 1.00. The van der Waals surface area contributed by atoms with E-state index in [0.717, 1.165) is 12.5 Å². The van der Waals surface area contributed by atoms with Crippen molar-refractivity contribution in [3.05, 3.63) is 0 Å². The van der Waals surface area contributed by atoms with Gasteiger partial charge in [-0.05, 0) is 44.4 Å². The molecule has 0 bridgehead atoms. The van der Waals surface area contributed by atoms with Crippen LogP contribution in [0.25, 0.3) is 0 Å². The van der Waals surface area contributed by atoms with Crippen LogP contribution in [0.15, 0.2) is 0 Å². The van der Waals surface area contributed by atoms with E-state index in [0.29, 0.717) is 17.0 Å². The third kappa shape index (κ3) is 3.03. The zero-order valence-electron chi connectivity index (χ0n) is 12.3. The summed E-state index contributed by atoms with van der Waals surface area (Å²) in [6.07, 6.45) is 4.13. The van der Waals surface area contributed by atoms with Crippen LogP contribution < -0.4 is 5.32 Å². The third-order valence-electron chi connectivity index (χ3n) is 5.02. The summed E-state index contributed by atoms with van der Waals surface area (Å²) in [7, 11) is 0. The molecular formula is C15H30N2. The Morgan fingerprint density at radius 3 is 2.53 bits per heavy atom. The second-order valence-electron chi connectivity index (χ2n) is 7.34. The molecule has 0 spiro atoms. The molecule has 17 heavy (non-hydrogen) atoms. The molecule has 2 heteroatoms. The standard InChI is InChI=1S/C15H30N2/c1-6-14(3,4)10-17-11-15(5,13-7-8-13)16-9-12(17)2/h12-13,16H,6-11H2,1-5H3. The van der Waals surface area contributed by atoms with E-state index in [1.165, 1.54) is 32.4 Å². The van der Waals surface area contributed by atoms with E-state index in [2.05, 4.69) is 44.8 Å². The van der Waals surface area contributed by atoms with Gasteiger partial charge in [0, 0.05) is 31.2 Å². The lowest BCUT2D eigenvalue weighted by Crippen LogP contribution is -2.64. The largest absolute Gasteiger partial charge is 0.308 e. The van der Waals surface area contributed by atoms with Crippen LogP contribution in [0.5, 0.6) is 0 Å². The molecule has 2 fully saturated rings. The maximum Gasteiger partial charge on any atom is 0.0309 e. The summed E-state index contributed by atoms with van der Waals surface area (Å²) in [6, 6.07) is 0.688. The maximum atomic E-state index is 3.80. The Labute approximate surface area is 107 Å². The summed E-state index contributed by atoms with van der Waals surface area (Å²) >= 11 is 0. The summed E-state index contributed by atoms with van der Waals surface area (Å²) in [4.78, 5) is 2.72. The lowest BCUT2D eigenvalue weighted by molar-refractivity contribution is 0.0502. The third-order valence-corrected chi connectivity index (χ3v) is 5.02. The minimum absolute atomic E-state index is 0.385. The molecule has 0 aromatic carbocycles. The quantitative estimate of drug-likeness (QED) is 0.810. The molecule has 1 aliphatic heterocycles. The number of hydrogen-bond acceptors (Lipinski definition) is 2. The Morgan fingerprint density at radius 2 is 2.00 bits per heavy atom. The van der Waals surface area contributed by atoms with Crippen molar-refractivity contribution in [1.82, 2.24) is 10.2 Å². The molecule has 1 aliphatic carbocycles. The van der Waals surface area contributed by atoms with Gasteiger partial charge in [0.25, 0.3) is 0 Å². The van der Waals surface area contributed by atoms with E-state index >= 15 is 0 Å². The van der Waals surface area contributed by atoms with Gasteiger partial charge >= 0.3 is 0 Å². The summed E-state index contributed by atoms with van der Waals surface area (Å²) in [5, 5.41) is 3.80. The SMILES string of the molecule is CCC(C)(C)CN1CC(C)(C2CC2)NCC1C. The van der Waals surface area contributed by atoms with Crippen LogP contribution in [0.3, 0.4) is 0 Å². The van der Waals surface area contributed by atoms with Crippen molar-refractivity contribution in [2.45, 2.75) is 65.5 Å². The molecule has 2 atom stereocenters. The first-order chi connectivity index (χ1) is 7.86. The van der Waals surface area contributed by atoms with Crippen molar-refractivity contribution in [3.63, 3.8) is 0 Å². The highest BCUT2D eigenvalue weighted by molar-refractivity contribution is 5.03. The lowest BCUT2D eigenvalue weighted by Gasteiger charge is -2.48. The fourth-order valence-corrected chi connectivity index (χ4v) is 3.01. The van der Waals surface area contributed by atoms with Gasteiger partial charge in [0.15, 0.2) is 0 Å². The topological polar surface area (TPSA) is 15.3 Å². The van der Waals surface area contributed by atoms with Gasteiger partial charge in [-0.1, -0.05) is 20.8 Å². The Hall–Kier alpha value is -0.0800. The van der Waals surface area contributed by atoms with Crippen LogP contribution in [0.1, 0.15) is 53.9 Å². The van der Waals surface area contributed by atoms with Crippen LogP contribution in [-0.4, -0.2) is 36.1 Å². The molecule has 1 saturated carbocycles. The summed E-state index contributed by atoms with van der Waals surface area (Å²) in [5.41, 5.74) is 0.840. The molecule has 1 heterocycles. The van der Waals surface area contributed by atoms with Crippen LogP contribution in [0.2, 0.25) is 0 Å². The Kier molecular flexibility index (Phi) is 3.57. The average Bonchev–Trinajstić information content (AvgIpc) is 3.07. The van der Waals surface area contributed by atoms with Gasteiger partial charge in [-0.2, -0.15) is 0 Å². The van der Waals surface area contributed by atoms with Crippen LogP contribution in [-0.2, 0) is 0 Å². The molecule has 100 valence electrons. The van der Waals surface area contributed by atoms with E-state index < -0.39 is 0 Å². The van der Waals surface area contributed by atoms with Gasteiger partial charge in [-0.25, -0.2) is 0 Å². The van der Waals surface area contributed by atoms with Crippen molar-refractivity contribution in [1.29, 1.82) is 0 Å². The van der Waals surface area contributed by atoms with Gasteiger partial charge in [-0.15, -0.1) is 0 Å². The summed E-state index contributed by atoms with van der Waals surface area (Å²) in [6.45, 7) is 15.6. The molecule has 0 aromatic rings. The smallest absolute Gasteiger partial charge is 0.0309 e. The summed E-state index contributed by atoms with van der Waals surface area (Å²) in [5.74, 6) is 0.933. The molecular weight excluding hydrogens is 208 g/mol. The van der Waals surface area contributed by atoms with Crippen molar-refractivity contribution in [2.24, 2.45) is 11.3 Å². The van der Waals surface area contributed by atoms with E-state index in [9.17, 15) is 0 Å². The van der Waals surface area contributed by atoms with E-state index in [4.69, 9.17) is 0 Å². The van der Waals surface area contributed by atoms with E-state index in [1.807, 2.05) is 0 Å².